The first kappa shape index (κ1) is 53.7. The van der Waals surface area contributed by atoms with E-state index in [-0.39, 0.29) is 23.5 Å². The van der Waals surface area contributed by atoms with Crippen molar-refractivity contribution in [3.8, 4) is 22.3 Å². The molecule has 0 bridgehead atoms. The Balaban J connectivity index is 1.03. The molecular formula is C82H60F2N2S2. The smallest absolute Gasteiger partial charge is 0.148 e. The van der Waals surface area contributed by atoms with Crippen LogP contribution >= 0.6 is 22.7 Å². The third-order valence-corrected chi connectivity index (χ3v) is 20.7. The summed E-state index contributed by atoms with van der Waals surface area (Å²) in [5.74, 6) is -0.809. The lowest BCUT2D eigenvalue weighted by atomic mass is 9.80. The number of allylic oxidation sites excluding steroid dienone is 2. The second-order valence-corrected chi connectivity index (χ2v) is 26.1. The van der Waals surface area contributed by atoms with Crippen molar-refractivity contribution in [1.29, 1.82) is 0 Å². The first-order valence-corrected chi connectivity index (χ1v) is 32.1. The maximum absolute atomic E-state index is 18.8. The number of thiophene rings is 2. The Morgan fingerprint density at radius 1 is 0.386 bits per heavy atom. The molecule has 15 aromatic rings. The van der Waals surface area contributed by atoms with Crippen molar-refractivity contribution in [3.05, 3.63) is 301 Å². The Bertz CT molecular complexity index is 5260. The maximum Gasteiger partial charge on any atom is 0.148 e. The van der Waals surface area contributed by atoms with Crippen LogP contribution in [-0.2, 0) is 0 Å². The zero-order valence-corrected chi connectivity index (χ0v) is 50.8. The zero-order chi connectivity index (χ0) is 59.3. The van der Waals surface area contributed by atoms with Crippen LogP contribution in [-0.4, -0.2) is 6.04 Å². The molecule has 0 fully saturated rings. The molecule has 2 aromatic heterocycles. The lowest BCUT2D eigenvalue weighted by molar-refractivity contribution is 0.503. The lowest BCUT2D eigenvalue weighted by Gasteiger charge is -2.40. The van der Waals surface area contributed by atoms with Gasteiger partial charge in [-0.25, -0.2) is 8.78 Å². The van der Waals surface area contributed by atoms with E-state index in [1.165, 1.54) is 25.7 Å². The molecule has 0 radical (unpaired) electrons. The van der Waals surface area contributed by atoms with E-state index in [2.05, 4.69) is 232 Å². The van der Waals surface area contributed by atoms with Gasteiger partial charge in [-0.15, -0.1) is 22.7 Å². The second-order valence-electron chi connectivity index (χ2n) is 24.0. The van der Waals surface area contributed by atoms with E-state index in [9.17, 15) is 0 Å². The van der Waals surface area contributed by atoms with Crippen LogP contribution in [0.25, 0.3) is 100 Å². The SMILES string of the molecule is CC(C)c1cc(N(c2c(F)cc(-c3ccccc3)cc2-c2ccccc2)c2cccc3c2sc2ccccc23)c2ccc3c(C(C)C)cc(N(c4cccc5c4sc4ccccc45)C4C(F)=CC(c5ccccc5)=CC4c4ccccc4)c4ccc1c2c34. The van der Waals surface area contributed by atoms with Crippen molar-refractivity contribution in [2.24, 2.45) is 0 Å². The number of fused-ring (bicyclic) bond motifs is 6. The molecule has 2 nitrogen and oxygen atoms in total. The van der Waals surface area contributed by atoms with Crippen LogP contribution in [0.1, 0.15) is 67.7 Å². The van der Waals surface area contributed by atoms with Gasteiger partial charge in [0.05, 0.1) is 43.9 Å². The van der Waals surface area contributed by atoms with E-state index in [0.717, 1.165) is 120 Å². The summed E-state index contributed by atoms with van der Waals surface area (Å²) >= 11 is 3.52. The molecule has 2 atom stereocenters. The van der Waals surface area contributed by atoms with Crippen LogP contribution < -0.4 is 9.80 Å². The predicted molar refractivity (Wildman–Crippen MR) is 375 cm³/mol. The molecule has 0 amide bonds. The van der Waals surface area contributed by atoms with E-state index in [1.807, 2.05) is 60.7 Å². The zero-order valence-electron chi connectivity index (χ0n) is 49.2. The summed E-state index contributed by atoms with van der Waals surface area (Å²) < 4.78 is 42.1. The summed E-state index contributed by atoms with van der Waals surface area (Å²) in [6, 6.07) is 88.5. The van der Waals surface area contributed by atoms with Crippen molar-refractivity contribution in [1.82, 2.24) is 0 Å². The molecule has 0 saturated heterocycles. The predicted octanol–water partition coefficient (Wildman–Crippen LogP) is 24.8. The van der Waals surface area contributed by atoms with Gasteiger partial charge < -0.3 is 9.80 Å². The van der Waals surface area contributed by atoms with Gasteiger partial charge in [0.1, 0.15) is 11.6 Å². The third-order valence-electron chi connectivity index (χ3n) is 18.3. The topological polar surface area (TPSA) is 6.48 Å². The molecule has 6 heteroatoms. The Hall–Kier alpha value is -9.72. The second kappa shape index (κ2) is 21.6. The van der Waals surface area contributed by atoms with Gasteiger partial charge in [-0.1, -0.05) is 240 Å². The first-order chi connectivity index (χ1) is 43.2. The van der Waals surface area contributed by atoms with Gasteiger partial charge in [0.2, 0.25) is 0 Å². The van der Waals surface area contributed by atoms with Crippen molar-refractivity contribution in [2.45, 2.75) is 51.5 Å². The minimum absolute atomic E-state index is 0.0639. The van der Waals surface area contributed by atoms with Gasteiger partial charge >= 0.3 is 0 Å². The van der Waals surface area contributed by atoms with Gasteiger partial charge in [-0.3, -0.25) is 0 Å². The number of anilines is 5. The Kier molecular flexibility index (Phi) is 13.2. The van der Waals surface area contributed by atoms with Crippen molar-refractivity contribution in [2.75, 3.05) is 9.80 Å². The molecule has 1 aliphatic carbocycles. The fraction of sp³-hybridized carbons (Fsp3) is 0.0976. The Morgan fingerprint density at radius 3 is 1.45 bits per heavy atom. The largest absolute Gasteiger partial charge is 0.329 e. The molecule has 0 N–H and O–H groups in total. The van der Waals surface area contributed by atoms with E-state index in [4.69, 9.17) is 0 Å². The van der Waals surface area contributed by atoms with Gasteiger partial charge in [0.15, 0.2) is 0 Å². The fourth-order valence-corrected chi connectivity index (χ4v) is 16.6. The summed E-state index contributed by atoms with van der Waals surface area (Å²) in [7, 11) is 0. The molecule has 88 heavy (non-hydrogen) atoms. The van der Waals surface area contributed by atoms with E-state index in [1.54, 1.807) is 34.8 Å². The Morgan fingerprint density at radius 2 is 0.864 bits per heavy atom. The number of hydrogen-bond acceptors (Lipinski definition) is 4. The van der Waals surface area contributed by atoms with Crippen LogP contribution in [0.2, 0.25) is 0 Å². The fourth-order valence-electron chi connectivity index (χ4n) is 14.2. The molecule has 424 valence electrons. The molecule has 0 aliphatic heterocycles. The summed E-state index contributed by atoms with van der Waals surface area (Å²) in [4.78, 5) is 4.62. The average molecular weight is 1180 g/mol. The molecule has 16 rings (SSSR count). The highest BCUT2D eigenvalue weighted by molar-refractivity contribution is 7.26. The maximum atomic E-state index is 18.8. The van der Waals surface area contributed by atoms with E-state index < -0.39 is 12.0 Å². The van der Waals surface area contributed by atoms with Crippen LogP contribution in [0.15, 0.2) is 273 Å². The van der Waals surface area contributed by atoms with Crippen molar-refractivity contribution < 1.29 is 8.78 Å². The van der Waals surface area contributed by atoms with Crippen molar-refractivity contribution >= 4 is 129 Å². The quantitative estimate of drug-likeness (QED) is 0.113. The first-order valence-electron chi connectivity index (χ1n) is 30.5. The van der Waals surface area contributed by atoms with Crippen LogP contribution in [0.5, 0.6) is 0 Å². The van der Waals surface area contributed by atoms with Gasteiger partial charge in [0, 0.05) is 53.2 Å². The number of benzene rings is 13. The molecule has 13 aromatic carbocycles. The lowest BCUT2D eigenvalue weighted by Crippen LogP contribution is -2.38. The Labute approximate surface area is 519 Å². The summed E-state index contributed by atoms with van der Waals surface area (Å²) in [5, 5.41) is 11.1. The number of rotatable bonds is 12. The normalized spacial score (nSPS) is 14.6. The van der Waals surface area contributed by atoms with Crippen LogP contribution in [0.4, 0.5) is 37.2 Å². The average Bonchev–Trinajstić information content (AvgIpc) is 0.783. The van der Waals surface area contributed by atoms with Gasteiger partial charge in [-0.05, 0) is 133 Å². The highest BCUT2D eigenvalue weighted by Crippen LogP contribution is 2.56. The summed E-state index contributed by atoms with van der Waals surface area (Å²) in [6.07, 6.45) is 4.07. The minimum Gasteiger partial charge on any atom is -0.329 e. The highest BCUT2D eigenvalue weighted by atomic mass is 32.1. The monoisotopic (exact) mass is 1170 g/mol. The molecule has 2 unspecified atom stereocenters. The third kappa shape index (κ3) is 8.75. The number of halogens is 2. The van der Waals surface area contributed by atoms with Crippen molar-refractivity contribution in [3.63, 3.8) is 0 Å². The van der Waals surface area contributed by atoms with E-state index in [0.29, 0.717) is 5.69 Å². The minimum atomic E-state index is -0.790. The summed E-state index contributed by atoms with van der Waals surface area (Å²) in [6.45, 7) is 9.10. The molecule has 0 spiro atoms. The van der Waals surface area contributed by atoms with Crippen LogP contribution in [0, 0.1) is 5.82 Å². The molecule has 0 saturated carbocycles. The van der Waals surface area contributed by atoms with E-state index >= 15 is 8.78 Å². The standard InChI is InChI=1S/C82H60F2N2S2/c1-49(2)65-47-73(85(71-35-21-33-61-57-31-17-19-37-75(57)87-81(61)71)79-67(53-27-13-7-14-28-53)43-55(45-69(79)83)51-23-9-5-10-24-51)63-42-40-60-66(50(3)4)48-74(64-41-39-59(65)77(63)78(60)64)86(72-36-22-34-62-58-32-18-20-38-76(58)88-82(62)72)80-68(54-29-15-8-16-30-54)44-56(46-70(80)84)52-25-11-6-12-26-52/h5-50,67,79H,1-4H3. The number of hydrogen-bond donors (Lipinski definition) is 0. The molecule has 2 heterocycles. The highest BCUT2D eigenvalue weighted by Gasteiger charge is 2.39. The summed E-state index contributed by atoms with van der Waals surface area (Å²) in [5.41, 5.74) is 12.7. The molecule has 1 aliphatic rings. The van der Waals surface area contributed by atoms with Gasteiger partial charge in [0.25, 0.3) is 0 Å². The number of nitrogens with zero attached hydrogens (tertiary/aromatic N) is 2. The van der Waals surface area contributed by atoms with Crippen LogP contribution in [0.3, 0.4) is 0 Å². The molecular weight excluding hydrogens is 1120 g/mol. The van der Waals surface area contributed by atoms with Gasteiger partial charge in [-0.2, -0.15) is 0 Å².